The van der Waals surface area contributed by atoms with Crippen LogP contribution >= 0.6 is 0 Å². The number of nitrogens with zero attached hydrogens (tertiary/aromatic N) is 1. The quantitative estimate of drug-likeness (QED) is 0.777. The highest BCUT2D eigenvalue weighted by Gasteiger charge is 2.16. The third-order valence-electron chi connectivity index (χ3n) is 2.80. The molecule has 0 aliphatic heterocycles. The van der Waals surface area contributed by atoms with Gasteiger partial charge in [0.15, 0.2) is 0 Å². The molecule has 0 aliphatic carbocycles. The van der Waals surface area contributed by atoms with Gasteiger partial charge in [0.25, 0.3) is 5.91 Å². The van der Waals surface area contributed by atoms with Gasteiger partial charge in [0, 0.05) is 19.2 Å². The first-order valence-electron chi connectivity index (χ1n) is 6.07. The van der Waals surface area contributed by atoms with Crippen molar-refractivity contribution in [1.82, 2.24) is 10.3 Å². The molecule has 19 heavy (non-hydrogen) atoms. The third-order valence-corrected chi connectivity index (χ3v) is 2.80. The normalized spacial score (nSPS) is 11.7. The van der Waals surface area contributed by atoms with Crippen LogP contribution in [0.5, 0.6) is 5.88 Å². The first-order chi connectivity index (χ1) is 9.08. The Bertz CT molecular complexity index is 448. The maximum atomic E-state index is 12.0. The van der Waals surface area contributed by atoms with Crippen LogP contribution < -0.4 is 10.1 Å². The Morgan fingerprint density at radius 3 is 2.84 bits per heavy atom. The van der Waals surface area contributed by atoms with Crippen LogP contribution in [-0.2, 0) is 4.79 Å². The van der Waals surface area contributed by atoms with Gasteiger partial charge < -0.3 is 15.2 Å². The van der Waals surface area contributed by atoms with Crippen molar-refractivity contribution in [2.45, 2.75) is 19.8 Å². The first kappa shape index (κ1) is 14.9. The summed E-state index contributed by atoms with van der Waals surface area (Å²) < 4.78 is 5.00. The molecule has 1 aromatic rings. The minimum atomic E-state index is -0.861. The standard InChI is InChI=1S/C13H18N2O4/c1-3-9(7-11(16)17)8-15-12(18)10-5-4-6-14-13(10)19-2/h4-6,9H,3,7-8H2,1-2H3,(H,15,18)(H,16,17). The number of nitrogens with one attached hydrogen (secondary N) is 1. The number of carboxylic acid groups (broad SMARTS) is 1. The second-order valence-electron chi connectivity index (χ2n) is 4.14. The van der Waals surface area contributed by atoms with Crippen molar-refractivity contribution in [2.24, 2.45) is 5.92 Å². The van der Waals surface area contributed by atoms with Gasteiger partial charge in [-0.25, -0.2) is 4.98 Å². The van der Waals surface area contributed by atoms with E-state index < -0.39 is 5.97 Å². The fourth-order valence-electron chi connectivity index (χ4n) is 1.67. The van der Waals surface area contributed by atoms with E-state index in [1.165, 1.54) is 13.3 Å². The molecular formula is C13H18N2O4. The number of hydrogen-bond donors (Lipinski definition) is 2. The lowest BCUT2D eigenvalue weighted by molar-refractivity contribution is -0.138. The van der Waals surface area contributed by atoms with Gasteiger partial charge in [-0.2, -0.15) is 0 Å². The topological polar surface area (TPSA) is 88.5 Å². The summed E-state index contributed by atoms with van der Waals surface area (Å²) in [6, 6.07) is 3.26. The predicted molar refractivity (Wildman–Crippen MR) is 69.2 cm³/mol. The molecule has 0 radical (unpaired) electrons. The minimum Gasteiger partial charge on any atom is -0.481 e. The zero-order chi connectivity index (χ0) is 14.3. The van der Waals surface area contributed by atoms with Gasteiger partial charge in [0.1, 0.15) is 5.56 Å². The molecule has 0 aromatic carbocycles. The lowest BCUT2D eigenvalue weighted by Gasteiger charge is -2.14. The Hall–Kier alpha value is -2.11. The Morgan fingerprint density at radius 2 is 2.26 bits per heavy atom. The lowest BCUT2D eigenvalue weighted by atomic mass is 10.0. The molecule has 1 aromatic heterocycles. The molecule has 6 heteroatoms. The number of carboxylic acids is 1. The molecule has 1 heterocycles. The number of pyridine rings is 1. The number of ether oxygens (including phenoxy) is 1. The molecule has 0 saturated heterocycles. The fourth-order valence-corrected chi connectivity index (χ4v) is 1.67. The van der Waals surface area contributed by atoms with Crippen molar-refractivity contribution in [3.63, 3.8) is 0 Å². The maximum Gasteiger partial charge on any atom is 0.303 e. The second-order valence-corrected chi connectivity index (χ2v) is 4.14. The SMILES string of the molecule is CCC(CNC(=O)c1cccnc1OC)CC(=O)O. The molecule has 1 atom stereocenters. The molecule has 1 amide bonds. The Balaban J connectivity index is 2.61. The molecule has 0 aliphatic rings. The Morgan fingerprint density at radius 1 is 1.53 bits per heavy atom. The lowest BCUT2D eigenvalue weighted by Crippen LogP contribution is -2.30. The highest BCUT2D eigenvalue weighted by atomic mass is 16.5. The summed E-state index contributed by atoms with van der Waals surface area (Å²) in [6.45, 7) is 2.21. The van der Waals surface area contributed by atoms with Gasteiger partial charge in [-0.1, -0.05) is 13.3 Å². The van der Waals surface area contributed by atoms with E-state index in [2.05, 4.69) is 10.3 Å². The Kier molecular flexibility index (Phi) is 5.78. The van der Waals surface area contributed by atoms with Crippen molar-refractivity contribution < 1.29 is 19.4 Å². The molecule has 0 saturated carbocycles. The van der Waals surface area contributed by atoms with E-state index in [1.807, 2.05) is 6.92 Å². The minimum absolute atomic E-state index is 0.0426. The molecule has 1 unspecified atom stereocenters. The van der Waals surface area contributed by atoms with Crippen LogP contribution in [0.3, 0.4) is 0 Å². The summed E-state index contributed by atoms with van der Waals surface area (Å²) in [7, 11) is 1.44. The smallest absolute Gasteiger partial charge is 0.303 e. The first-order valence-corrected chi connectivity index (χ1v) is 6.07. The van der Waals surface area contributed by atoms with Gasteiger partial charge in [-0.05, 0) is 18.1 Å². The average Bonchev–Trinajstić information content (AvgIpc) is 2.42. The molecule has 0 spiro atoms. The van der Waals surface area contributed by atoms with Crippen LogP contribution in [0.25, 0.3) is 0 Å². The predicted octanol–water partition coefficient (Wildman–Crippen LogP) is 1.32. The molecular weight excluding hydrogens is 248 g/mol. The van der Waals surface area contributed by atoms with Crippen molar-refractivity contribution in [3.8, 4) is 5.88 Å². The van der Waals surface area contributed by atoms with Gasteiger partial charge in [0.2, 0.25) is 5.88 Å². The fraction of sp³-hybridized carbons (Fsp3) is 0.462. The Labute approximate surface area is 111 Å². The number of carbonyl (C=O) groups is 2. The third kappa shape index (κ3) is 4.57. The van der Waals surface area contributed by atoms with Crippen LogP contribution in [-0.4, -0.2) is 35.6 Å². The number of aromatic nitrogens is 1. The zero-order valence-corrected chi connectivity index (χ0v) is 11.0. The molecule has 1 rings (SSSR count). The molecule has 6 nitrogen and oxygen atoms in total. The summed E-state index contributed by atoms with van der Waals surface area (Å²) in [5.74, 6) is -0.996. The van der Waals surface area contributed by atoms with Gasteiger partial charge in [-0.3, -0.25) is 9.59 Å². The van der Waals surface area contributed by atoms with Crippen molar-refractivity contribution >= 4 is 11.9 Å². The number of aliphatic carboxylic acids is 1. The average molecular weight is 266 g/mol. The van der Waals surface area contributed by atoms with Crippen LogP contribution in [0.15, 0.2) is 18.3 Å². The van der Waals surface area contributed by atoms with Crippen LogP contribution in [0, 0.1) is 5.92 Å². The van der Waals surface area contributed by atoms with Gasteiger partial charge in [-0.15, -0.1) is 0 Å². The molecule has 104 valence electrons. The van der Waals surface area contributed by atoms with Gasteiger partial charge >= 0.3 is 5.97 Å². The number of rotatable bonds is 7. The summed E-state index contributed by atoms with van der Waals surface area (Å²) in [6.07, 6.45) is 2.27. The van der Waals surface area contributed by atoms with E-state index in [0.29, 0.717) is 18.5 Å². The van der Waals surface area contributed by atoms with Crippen molar-refractivity contribution in [3.05, 3.63) is 23.9 Å². The van der Waals surface area contributed by atoms with Crippen LogP contribution in [0.1, 0.15) is 30.1 Å². The highest BCUT2D eigenvalue weighted by molar-refractivity contribution is 5.96. The van der Waals surface area contributed by atoms with E-state index in [1.54, 1.807) is 12.1 Å². The number of amides is 1. The summed E-state index contributed by atoms with van der Waals surface area (Å²) in [4.78, 5) is 26.5. The van der Waals surface area contributed by atoms with E-state index in [9.17, 15) is 9.59 Å². The van der Waals surface area contributed by atoms with Crippen molar-refractivity contribution in [1.29, 1.82) is 0 Å². The molecule has 2 N–H and O–H groups in total. The number of hydrogen-bond acceptors (Lipinski definition) is 4. The van der Waals surface area contributed by atoms with Crippen molar-refractivity contribution in [2.75, 3.05) is 13.7 Å². The molecule has 0 bridgehead atoms. The summed E-state index contributed by atoms with van der Waals surface area (Å²) in [5.41, 5.74) is 0.343. The largest absolute Gasteiger partial charge is 0.481 e. The second kappa shape index (κ2) is 7.35. The summed E-state index contributed by atoms with van der Waals surface area (Å²) >= 11 is 0. The monoisotopic (exact) mass is 266 g/mol. The maximum absolute atomic E-state index is 12.0. The van der Waals surface area contributed by atoms with E-state index >= 15 is 0 Å². The van der Waals surface area contributed by atoms with E-state index in [-0.39, 0.29) is 24.1 Å². The van der Waals surface area contributed by atoms with Gasteiger partial charge in [0.05, 0.1) is 7.11 Å². The summed E-state index contributed by atoms with van der Waals surface area (Å²) in [5, 5.41) is 11.4. The van der Waals surface area contributed by atoms with E-state index in [0.717, 1.165) is 0 Å². The van der Waals surface area contributed by atoms with Crippen LogP contribution in [0.2, 0.25) is 0 Å². The number of carbonyl (C=O) groups excluding carboxylic acids is 1. The zero-order valence-electron chi connectivity index (χ0n) is 11.0. The van der Waals surface area contributed by atoms with E-state index in [4.69, 9.17) is 9.84 Å². The van der Waals surface area contributed by atoms with Crippen LogP contribution in [0.4, 0.5) is 0 Å². The number of methoxy groups -OCH3 is 1. The molecule has 0 fully saturated rings. The highest BCUT2D eigenvalue weighted by Crippen LogP contribution is 2.14.